The second-order valence-electron chi connectivity index (χ2n) is 6.58. The fourth-order valence-corrected chi connectivity index (χ4v) is 3.49. The van der Waals surface area contributed by atoms with Gasteiger partial charge in [0.25, 0.3) is 0 Å². The van der Waals surface area contributed by atoms with Crippen molar-refractivity contribution >= 4 is 44.3 Å². The molecule has 0 bridgehead atoms. The van der Waals surface area contributed by atoms with Gasteiger partial charge in [-0.3, -0.25) is 9.59 Å². The SMILES string of the molecule is COCc1cccc(NC(=O)C(Cc2c[nH]c3ccc(Br)cc23)NC(C)=O)c1. The molecule has 3 aromatic rings. The third kappa shape index (κ3) is 4.99. The number of amides is 2. The van der Waals surface area contributed by atoms with Gasteiger partial charge in [0.1, 0.15) is 6.04 Å². The minimum absolute atomic E-state index is 0.255. The van der Waals surface area contributed by atoms with Crippen molar-refractivity contribution in [3.05, 3.63) is 64.3 Å². The van der Waals surface area contributed by atoms with E-state index in [4.69, 9.17) is 4.74 Å². The van der Waals surface area contributed by atoms with Crippen molar-refractivity contribution in [3.8, 4) is 0 Å². The molecular formula is C21H22BrN3O3. The van der Waals surface area contributed by atoms with E-state index in [9.17, 15) is 9.59 Å². The summed E-state index contributed by atoms with van der Waals surface area (Å²) in [4.78, 5) is 27.7. The number of anilines is 1. The molecule has 0 spiro atoms. The number of nitrogens with one attached hydrogen (secondary N) is 3. The van der Waals surface area contributed by atoms with Gasteiger partial charge in [0.05, 0.1) is 6.61 Å². The van der Waals surface area contributed by atoms with Gasteiger partial charge in [-0.25, -0.2) is 0 Å². The molecule has 0 aliphatic heterocycles. The number of methoxy groups -OCH3 is 1. The van der Waals surface area contributed by atoms with E-state index in [1.165, 1.54) is 6.92 Å². The summed E-state index contributed by atoms with van der Waals surface area (Å²) in [6, 6.07) is 12.7. The average molecular weight is 444 g/mol. The van der Waals surface area contributed by atoms with Gasteiger partial charge in [-0.2, -0.15) is 0 Å². The predicted octanol–water partition coefficient (Wildman–Crippen LogP) is 3.76. The summed E-state index contributed by atoms with van der Waals surface area (Å²) in [6.07, 6.45) is 2.25. The Morgan fingerprint density at radius 1 is 1.21 bits per heavy atom. The second kappa shape index (κ2) is 9.03. The van der Waals surface area contributed by atoms with Crippen LogP contribution >= 0.6 is 15.9 Å². The zero-order valence-electron chi connectivity index (χ0n) is 15.7. The standard InChI is InChI=1S/C21H22BrN3O3/c1-13(26)24-20(9-15-11-23-19-7-6-16(22)10-18(15)19)21(27)25-17-5-3-4-14(8-17)12-28-2/h3-8,10-11,20,23H,9,12H2,1-2H3,(H,24,26)(H,25,27). The van der Waals surface area contributed by atoms with E-state index >= 15 is 0 Å². The van der Waals surface area contributed by atoms with Crippen LogP contribution in [-0.2, 0) is 27.4 Å². The molecule has 2 amide bonds. The molecule has 3 N–H and O–H groups in total. The lowest BCUT2D eigenvalue weighted by Crippen LogP contribution is -2.44. The Morgan fingerprint density at radius 3 is 2.79 bits per heavy atom. The van der Waals surface area contributed by atoms with Crippen LogP contribution in [0.1, 0.15) is 18.1 Å². The summed E-state index contributed by atoms with van der Waals surface area (Å²) < 4.78 is 6.09. The molecule has 0 radical (unpaired) electrons. The van der Waals surface area contributed by atoms with Gasteiger partial charge >= 0.3 is 0 Å². The normalized spacial score (nSPS) is 12.0. The number of halogens is 1. The molecule has 0 aliphatic carbocycles. The molecule has 0 saturated heterocycles. The maximum atomic E-state index is 12.9. The number of benzene rings is 2. The number of fused-ring (bicyclic) bond motifs is 1. The highest BCUT2D eigenvalue weighted by atomic mass is 79.9. The van der Waals surface area contributed by atoms with Crippen LogP contribution in [-0.4, -0.2) is 29.9 Å². The number of carbonyl (C=O) groups excluding carboxylic acids is 2. The van der Waals surface area contributed by atoms with Crippen molar-refractivity contribution in [2.75, 3.05) is 12.4 Å². The maximum Gasteiger partial charge on any atom is 0.247 e. The van der Waals surface area contributed by atoms with Crippen molar-refractivity contribution < 1.29 is 14.3 Å². The molecule has 28 heavy (non-hydrogen) atoms. The minimum Gasteiger partial charge on any atom is -0.380 e. The minimum atomic E-state index is -0.693. The lowest BCUT2D eigenvalue weighted by molar-refractivity contribution is -0.125. The zero-order chi connectivity index (χ0) is 20.1. The summed E-state index contributed by atoms with van der Waals surface area (Å²) in [6.45, 7) is 1.87. The summed E-state index contributed by atoms with van der Waals surface area (Å²) >= 11 is 3.48. The smallest absolute Gasteiger partial charge is 0.247 e. The molecule has 1 unspecified atom stereocenters. The van der Waals surface area contributed by atoms with Gasteiger partial charge < -0.3 is 20.4 Å². The fourth-order valence-electron chi connectivity index (χ4n) is 3.13. The van der Waals surface area contributed by atoms with Crippen LogP contribution in [0.3, 0.4) is 0 Å². The van der Waals surface area contributed by atoms with Crippen LogP contribution in [0.5, 0.6) is 0 Å². The highest BCUT2D eigenvalue weighted by Crippen LogP contribution is 2.24. The van der Waals surface area contributed by atoms with Crippen LogP contribution in [0.25, 0.3) is 10.9 Å². The molecule has 0 aliphatic rings. The van der Waals surface area contributed by atoms with E-state index in [0.717, 1.165) is 26.5 Å². The topological polar surface area (TPSA) is 83.2 Å². The van der Waals surface area contributed by atoms with Crippen LogP contribution in [0.4, 0.5) is 5.69 Å². The first-order chi connectivity index (χ1) is 13.5. The molecule has 7 heteroatoms. The van der Waals surface area contributed by atoms with Crippen LogP contribution < -0.4 is 10.6 Å². The van der Waals surface area contributed by atoms with Crippen LogP contribution in [0, 0.1) is 0 Å². The predicted molar refractivity (Wildman–Crippen MR) is 113 cm³/mol. The van der Waals surface area contributed by atoms with Crippen LogP contribution in [0.2, 0.25) is 0 Å². The Labute approximate surface area is 171 Å². The third-order valence-electron chi connectivity index (χ3n) is 4.35. The summed E-state index contributed by atoms with van der Waals surface area (Å²) in [7, 11) is 1.62. The zero-order valence-corrected chi connectivity index (χ0v) is 17.3. The average Bonchev–Trinajstić information content (AvgIpc) is 3.03. The van der Waals surface area contributed by atoms with E-state index in [-0.39, 0.29) is 11.8 Å². The molecular weight excluding hydrogens is 422 g/mol. The largest absolute Gasteiger partial charge is 0.380 e. The first-order valence-corrected chi connectivity index (χ1v) is 9.67. The van der Waals surface area contributed by atoms with E-state index in [1.807, 2.05) is 48.7 Å². The molecule has 0 saturated carbocycles. The molecule has 1 heterocycles. The van der Waals surface area contributed by atoms with Gasteiger partial charge in [-0.15, -0.1) is 0 Å². The highest BCUT2D eigenvalue weighted by Gasteiger charge is 2.22. The quantitative estimate of drug-likeness (QED) is 0.519. The van der Waals surface area contributed by atoms with Gasteiger partial charge in [0.2, 0.25) is 11.8 Å². The summed E-state index contributed by atoms with van der Waals surface area (Å²) in [5.74, 6) is -0.525. The number of carbonyl (C=O) groups is 2. The number of hydrogen-bond donors (Lipinski definition) is 3. The second-order valence-corrected chi connectivity index (χ2v) is 7.50. The Balaban J connectivity index is 1.81. The first-order valence-electron chi connectivity index (χ1n) is 8.87. The highest BCUT2D eigenvalue weighted by molar-refractivity contribution is 9.10. The van der Waals surface area contributed by atoms with Crippen molar-refractivity contribution in [1.29, 1.82) is 0 Å². The number of rotatable bonds is 7. The van der Waals surface area contributed by atoms with Crippen molar-refractivity contribution in [1.82, 2.24) is 10.3 Å². The van der Waals surface area contributed by atoms with E-state index in [0.29, 0.717) is 18.7 Å². The molecule has 2 aromatic carbocycles. The van der Waals surface area contributed by atoms with E-state index in [1.54, 1.807) is 7.11 Å². The van der Waals surface area contributed by atoms with Gasteiger partial charge in [0, 0.05) is 47.7 Å². The number of H-pyrrole nitrogens is 1. The number of aromatic amines is 1. The van der Waals surface area contributed by atoms with Crippen LogP contribution in [0.15, 0.2) is 53.1 Å². The molecule has 6 nitrogen and oxygen atoms in total. The van der Waals surface area contributed by atoms with Crippen molar-refractivity contribution in [3.63, 3.8) is 0 Å². The molecule has 146 valence electrons. The number of ether oxygens (including phenoxy) is 1. The maximum absolute atomic E-state index is 12.9. The van der Waals surface area contributed by atoms with E-state index in [2.05, 4.69) is 31.5 Å². The van der Waals surface area contributed by atoms with E-state index < -0.39 is 6.04 Å². The monoisotopic (exact) mass is 443 g/mol. The third-order valence-corrected chi connectivity index (χ3v) is 4.85. The number of hydrogen-bond acceptors (Lipinski definition) is 3. The summed E-state index contributed by atoms with van der Waals surface area (Å²) in [5.41, 5.74) is 3.56. The molecule has 1 atom stereocenters. The molecule has 3 rings (SSSR count). The number of aromatic nitrogens is 1. The first kappa shape index (κ1) is 20.1. The molecule has 0 fully saturated rings. The Morgan fingerprint density at radius 2 is 2.04 bits per heavy atom. The Kier molecular flexibility index (Phi) is 6.49. The Hall–Kier alpha value is -2.64. The van der Waals surface area contributed by atoms with Gasteiger partial charge in [0.15, 0.2) is 0 Å². The van der Waals surface area contributed by atoms with Crippen molar-refractivity contribution in [2.45, 2.75) is 26.0 Å². The van der Waals surface area contributed by atoms with Crippen molar-refractivity contribution in [2.24, 2.45) is 0 Å². The summed E-state index contributed by atoms with van der Waals surface area (Å²) in [5, 5.41) is 6.66. The molecule has 1 aromatic heterocycles. The Bertz CT molecular complexity index is 999. The fraction of sp³-hybridized carbons (Fsp3) is 0.238. The van der Waals surface area contributed by atoms with Gasteiger partial charge in [-0.05, 0) is 41.5 Å². The van der Waals surface area contributed by atoms with Gasteiger partial charge in [-0.1, -0.05) is 28.1 Å². The lowest BCUT2D eigenvalue weighted by atomic mass is 10.0. The lowest BCUT2D eigenvalue weighted by Gasteiger charge is -2.18.